The van der Waals surface area contributed by atoms with E-state index >= 15 is 0 Å². The molecular formula is C20H27NO6. The van der Waals surface area contributed by atoms with Crippen LogP contribution in [0.5, 0.6) is 0 Å². The van der Waals surface area contributed by atoms with Gasteiger partial charge in [0.1, 0.15) is 13.2 Å². The van der Waals surface area contributed by atoms with Gasteiger partial charge in [0, 0.05) is 13.1 Å². The number of hydrogen-bond donors (Lipinski definition) is 0. The van der Waals surface area contributed by atoms with Gasteiger partial charge >= 0.3 is 12.1 Å². The Hall–Kier alpha value is -2.12. The number of piperidine rings is 1. The maximum absolute atomic E-state index is 12.7. The number of nitrogens with zero attached hydrogens (tertiary/aromatic N) is 1. The lowest BCUT2D eigenvalue weighted by Crippen LogP contribution is -2.50. The smallest absolute Gasteiger partial charge is 0.410 e. The van der Waals surface area contributed by atoms with Gasteiger partial charge in [-0.15, -0.1) is 0 Å². The summed E-state index contributed by atoms with van der Waals surface area (Å²) in [5.41, 5.74) is 0.141. The van der Waals surface area contributed by atoms with Crippen molar-refractivity contribution in [2.45, 2.75) is 45.7 Å². The predicted octanol–water partition coefficient (Wildman–Crippen LogP) is 2.73. The summed E-state index contributed by atoms with van der Waals surface area (Å²) in [6.07, 6.45) is 0.143. The largest absolute Gasteiger partial charge is 0.445 e. The molecule has 1 aromatic rings. The van der Waals surface area contributed by atoms with Crippen molar-refractivity contribution >= 4 is 12.1 Å². The minimum atomic E-state index is -0.784. The molecule has 7 nitrogen and oxygen atoms in total. The average Bonchev–Trinajstić information content (AvgIpc) is 2.67. The lowest BCUT2D eigenvalue weighted by atomic mass is 9.82. The molecule has 2 heterocycles. The molecule has 0 bridgehead atoms. The summed E-state index contributed by atoms with van der Waals surface area (Å²) in [6, 6.07) is 9.51. The first-order valence-electron chi connectivity index (χ1n) is 9.36. The molecule has 0 aliphatic carbocycles. The Labute approximate surface area is 159 Å². The quantitative estimate of drug-likeness (QED) is 0.751. The van der Waals surface area contributed by atoms with E-state index in [0.717, 1.165) is 5.56 Å². The zero-order valence-corrected chi connectivity index (χ0v) is 15.9. The molecular weight excluding hydrogens is 350 g/mol. The summed E-state index contributed by atoms with van der Waals surface area (Å²) in [7, 11) is 0. The number of likely N-dealkylation sites (tertiary alicyclic amines) is 1. The van der Waals surface area contributed by atoms with Gasteiger partial charge in [0.25, 0.3) is 0 Å². The van der Waals surface area contributed by atoms with Crippen molar-refractivity contribution in [2.24, 2.45) is 5.41 Å². The van der Waals surface area contributed by atoms with Crippen molar-refractivity contribution in [3.63, 3.8) is 0 Å². The molecule has 0 N–H and O–H groups in total. The molecule has 3 atom stereocenters. The average molecular weight is 377 g/mol. The van der Waals surface area contributed by atoms with Gasteiger partial charge < -0.3 is 23.8 Å². The molecule has 2 saturated heterocycles. The third-order valence-corrected chi connectivity index (χ3v) is 4.88. The van der Waals surface area contributed by atoms with Crippen molar-refractivity contribution in [2.75, 3.05) is 26.3 Å². The van der Waals surface area contributed by atoms with Gasteiger partial charge in [-0.1, -0.05) is 30.3 Å². The predicted molar refractivity (Wildman–Crippen MR) is 96.8 cm³/mol. The third kappa shape index (κ3) is 5.20. The van der Waals surface area contributed by atoms with Gasteiger partial charge in [-0.2, -0.15) is 0 Å². The van der Waals surface area contributed by atoms with Crippen LogP contribution in [0.15, 0.2) is 30.3 Å². The fourth-order valence-electron chi connectivity index (χ4n) is 3.36. The number of benzene rings is 1. The van der Waals surface area contributed by atoms with E-state index in [1.807, 2.05) is 44.2 Å². The minimum absolute atomic E-state index is 0.111. The van der Waals surface area contributed by atoms with E-state index in [0.29, 0.717) is 26.0 Å². The maximum Gasteiger partial charge on any atom is 0.410 e. The van der Waals surface area contributed by atoms with Gasteiger partial charge in [-0.25, -0.2) is 4.79 Å². The fraction of sp³-hybridized carbons (Fsp3) is 0.600. The molecule has 3 unspecified atom stereocenters. The molecule has 27 heavy (non-hydrogen) atoms. The van der Waals surface area contributed by atoms with E-state index in [1.165, 1.54) is 0 Å². The number of rotatable bonds is 4. The molecule has 1 amide bonds. The van der Waals surface area contributed by atoms with Crippen LogP contribution >= 0.6 is 0 Å². The monoisotopic (exact) mass is 377 g/mol. The van der Waals surface area contributed by atoms with Crippen molar-refractivity contribution in [1.29, 1.82) is 0 Å². The number of ether oxygens (including phenoxy) is 4. The van der Waals surface area contributed by atoms with Crippen LogP contribution < -0.4 is 0 Å². The minimum Gasteiger partial charge on any atom is -0.445 e. The first-order valence-corrected chi connectivity index (χ1v) is 9.36. The van der Waals surface area contributed by atoms with Crippen LogP contribution in [0.2, 0.25) is 0 Å². The Bertz CT molecular complexity index is 651. The summed E-state index contributed by atoms with van der Waals surface area (Å²) >= 11 is 0. The Morgan fingerprint density at radius 2 is 2.04 bits per heavy atom. The summed E-state index contributed by atoms with van der Waals surface area (Å²) in [5, 5.41) is 0. The van der Waals surface area contributed by atoms with Crippen LogP contribution in [-0.4, -0.2) is 55.7 Å². The number of esters is 1. The van der Waals surface area contributed by atoms with Crippen LogP contribution in [0.4, 0.5) is 4.79 Å². The lowest BCUT2D eigenvalue weighted by molar-refractivity contribution is -0.240. The first-order chi connectivity index (χ1) is 13.0. The second kappa shape index (κ2) is 8.71. The topological polar surface area (TPSA) is 74.3 Å². The van der Waals surface area contributed by atoms with Gasteiger partial charge in [0.15, 0.2) is 0 Å². The molecule has 0 saturated carbocycles. The Morgan fingerprint density at radius 1 is 1.26 bits per heavy atom. The SMILES string of the molecule is CC1COCC(OC(=O)C2(C)CCCN(C(=O)OCc3ccccc3)C2)O1. The number of amides is 1. The van der Waals surface area contributed by atoms with Gasteiger partial charge in [0.2, 0.25) is 6.29 Å². The van der Waals surface area contributed by atoms with E-state index in [1.54, 1.807) is 4.90 Å². The van der Waals surface area contributed by atoms with Gasteiger partial charge in [-0.3, -0.25) is 4.79 Å². The number of carbonyl (C=O) groups excluding carboxylic acids is 2. The first kappa shape index (κ1) is 19.6. The molecule has 0 spiro atoms. The maximum atomic E-state index is 12.7. The molecule has 0 aromatic heterocycles. The Balaban J connectivity index is 1.53. The van der Waals surface area contributed by atoms with Crippen molar-refractivity contribution < 1.29 is 28.5 Å². The molecule has 3 rings (SSSR count). The van der Waals surface area contributed by atoms with Gasteiger partial charge in [-0.05, 0) is 32.3 Å². The summed E-state index contributed by atoms with van der Waals surface area (Å²) < 4.78 is 21.8. The Kier molecular flexibility index (Phi) is 6.34. The highest BCUT2D eigenvalue weighted by molar-refractivity contribution is 5.78. The Morgan fingerprint density at radius 3 is 2.78 bits per heavy atom. The normalized spacial score (nSPS) is 28.4. The molecule has 148 valence electrons. The molecule has 7 heteroatoms. The van der Waals surface area contributed by atoms with Gasteiger partial charge in [0.05, 0.1) is 18.1 Å². The van der Waals surface area contributed by atoms with Crippen molar-refractivity contribution in [1.82, 2.24) is 4.90 Å². The van der Waals surface area contributed by atoms with Crippen LogP contribution in [-0.2, 0) is 30.3 Å². The van der Waals surface area contributed by atoms with E-state index < -0.39 is 17.8 Å². The molecule has 2 fully saturated rings. The molecule has 1 aromatic carbocycles. The highest BCUT2D eigenvalue weighted by atomic mass is 16.7. The zero-order chi connectivity index (χ0) is 19.3. The molecule has 2 aliphatic rings. The van der Waals surface area contributed by atoms with Crippen LogP contribution in [0.25, 0.3) is 0 Å². The zero-order valence-electron chi connectivity index (χ0n) is 15.9. The second-order valence-corrected chi connectivity index (χ2v) is 7.44. The summed E-state index contributed by atoms with van der Waals surface area (Å²) in [6.45, 7) is 5.45. The number of carbonyl (C=O) groups is 2. The summed E-state index contributed by atoms with van der Waals surface area (Å²) in [5.74, 6) is -0.370. The van der Waals surface area contributed by atoms with E-state index in [-0.39, 0.29) is 31.8 Å². The molecule has 2 aliphatic heterocycles. The van der Waals surface area contributed by atoms with Crippen LogP contribution in [0.1, 0.15) is 32.3 Å². The summed E-state index contributed by atoms with van der Waals surface area (Å²) in [4.78, 5) is 26.7. The lowest BCUT2D eigenvalue weighted by Gasteiger charge is -2.39. The highest BCUT2D eigenvalue weighted by Crippen LogP contribution is 2.32. The van der Waals surface area contributed by atoms with Crippen molar-refractivity contribution in [3.8, 4) is 0 Å². The fourth-order valence-corrected chi connectivity index (χ4v) is 3.36. The highest BCUT2D eigenvalue weighted by Gasteiger charge is 2.42. The van der Waals surface area contributed by atoms with E-state index in [4.69, 9.17) is 18.9 Å². The molecule has 0 radical (unpaired) electrons. The standard InChI is InChI=1S/C20H27NO6/c1-15-11-24-13-17(26-15)27-18(22)20(2)9-6-10-21(14-20)19(23)25-12-16-7-4-3-5-8-16/h3-5,7-8,15,17H,6,9-14H2,1-2H3. The van der Waals surface area contributed by atoms with Crippen LogP contribution in [0.3, 0.4) is 0 Å². The second-order valence-electron chi connectivity index (χ2n) is 7.44. The van der Waals surface area contributed by atoms with E-state index in [9.17, 15) is 9.59 Å². The van der Waals surface area contributed by atoms with Crippen molar-refractivity contribution in [3.05, 3.63) is 35.9 Å². The van der Waals surface area contributed by atoms with Crippen LogP contribution in [0, 0.1) is 5.41 Å². The van der Waals surface area contributed by atoms with E-state index in [2.05, 4.69) is 0 Å². The third-order valence-electron chi connectivity index (χ3n) is 4.88. The number of hydrogen-bond acceptors (Lipinski definition) is 6.